The second-order valence-electron chi connectivity index (χ2n) is 3.12. The van der Waals surface area contributed by atoms with Crippen molar-refractivity contribution in [2.45, 2.75) is 6.54 Å². The van der Waals surface area contributed by atoms with E-state index < -0.39 is 11.9 Å². The summed E-state index contributed by atoms with van der Waals surface area (Å²) in [6, 6.07) is 1.85. The summed E-state index contributed by atoms with van der Waals surface area (Å²) in [5.41, 5.74) is 0. The van der Waals surface area contributed by atoms with Crippen molar-refractivity contribution in [1.29, 1.82) is 0 Å². The van der Waals surface area contributed by atoms with E-state index in [-0.39, 0.29) is 13.1 Å². The first-order valence-electron chi connectivity index (χ1n) is 4.37. The van der Waals surface area contributed by atoms with Gasteiger partial charge in [-0.1, -0.05) is 0 Å². The second-order valence-corrected chi connectivity index (χ2v) is 4.98. The first kappa shape index (κ1) is 13.1. The highest BCUT2D eigenvalue weighted by atomic mass is 79.9. The summed E-state index contributed by atoms with van der Waals surface area (Å²) in [6.07, 6.45) is 0. The molecule has 0 spiro atoms. The van der Waals surface area contributed by atoms with Crippen LogP contribution in [0.2, 0.25) is 0 Å². The van der Waals surface area contributed by atoms with Crippen LogP contribution in [0.5, 0.6) is 0 Å². The van der Waals surface area contributed by atoms with E-state index in [4.69, 9.17) is 10.2 Å². The van der Waals surface area contributed by atoms with E-state index in [0.717, 1.165) is 9.35 Å². The lowest BCUT2D eigenvalue weighted by atomic mass is 10.4. The number of halogens is 1. The Hall–Kier alpha value is -0.920. The van der Waals surface area contributed by atoms with Crippen LogP contribution in [0, 0.1) is 0 Å². The van der Waals surface area contributed by atoms with Crippen molar-refractivity contribution in [3.63, 3.8) is 0 Å². The van der Waals surface area contributed by atoms with Crippen LogP contribution in [0.15, 0.2) is 15.9 Å². The molecule has 0 bridgehead atoms. The molecule has 2 N–H and O–H groups in total. The molecule has 0 atom stereocenters. The van der Waals surface area contributed by atoms with Crippen LogP contribution in [-0.4, -0.2) is 40.1 Å². The SMILES string of the molecule is O=C(O)CN(CC(=O)O)Cc1sccc1Br. The van der Waals surface area contributed by atoms with Crippen LogP contribution in [0.1, 0.15) is 4.88 Å². The maximum atomic E-state index is 10.6. The van der Waals surface area contributed by atoms with Gasteiger partial charge < -0.3 is 10.2 Å². The average molecular weight is 308 g/mol. The molecule has 1 rings (SSSR count). The van der Waals surface area contributed by atoms with Crippen LogP contribution in [0.4, 0.5) is 0 Å². The van der Waals surface area contributed by atoms with Gasteiger partial charge >= 0.3 is 11.9 Å². The van der Waals surface area contributed by atoms with Gasteiger partial charge in [0.1, 0.15) is 0 Å². The highest BCUT2D eigenvalue weighted by Crippen LogP contribution is 2.23. The fraction of sp³-hybridized carbons (Fsp3) is 0.333. The summed E-state index contributed by atoms with van der Waals surface area (Å²) in [5, 5.41) is 19.2. The maximum Gasteiger partial charge on any atom is 0.317 e. The Morgan fingerprint density at radius 2 is 1.88 bits per heavy atom. The Labute approximate surface area is 104 Å². The summed E-state index contributed by atoms with van der Waals surface area (Å²) in [6.45, 7) is -0.246. The molecule has 0 aromatic carbocycles. The van der Waals surface area contributed by atoms with E-state index in [0.29, 0.717) is 6.54 Å². The molecule has 0 fully saturated rings. The van der Waals surface area contributed by atoms with Crippen LogP contribution in [-0.2, 0) is 16.1 Å². The second kappa shape index (κ2) is 5.97. The van der Waals surface area contributed by atoms with E-state index in [9.17, 15) is 9.59 Å². The molecule has 0 unspecified atom stereocenters. The monoisotopic (exact) mass is 307 g/mol. The van der Waals surface area contributed by atoms with E-state index in [1.807, 2.05) is 11.4 Å². The molecule has 1 aromatic rings. The molecule has 0 aliphatic carbocycles. The third kappa shape index (κ3) is 4.30. The number of hydrogen-bond acceptors (Lipinski definition) is 4. The molecule has 1 heterocycles. The first-order valence-corrected chi connectivity index (χ1v) is 6.04. The van der Waals surface area contributed by atoms with Gasteiger partial charge in [0.2, 0.25) is 0 Å². The number of carboxylic acid groups (broad SMARTS) is 2. The van der Waals surface area contributed by atoms with Crippen LogP contribution < -0.4 is 0 Å². The zero-order valence-corrected chi connectivity index (χ0v) is 10.6. The van der Waals surface area contributed by atoms with E-state index in [1.54, 1.807) is 0 Å². The van der Waals surface area contributed by atoms with Gasteiger partial charge in [0.15, 0.2) is 0 Å². The zero-order valence-electron chi connectivity index (χ0n) is 8.22. The van der Waals surface area contributed by atoms with Crippen molar-refractivity contribution < 1.29 is 19.8 Å². The standard InChI is InChI=1S/C9H10BrNO4S/c10-6-1-2-16-7(6)3-11(4-8(12)13)5-9(14)15/h1-2H,3-5H2,(H,12,13)(H,14,15). The smallest absolute Gasteiger partial charge is 0.317 e. The van der Waals surface area contributed by atoms with Crippen LogP contribution in [0.25, 0.3) is 0 Å². The number of carbonyl (C=O) groups is 2. The van der Waals surface area contributed by atoms with E-state index in [2.05, 4.69) is 15.9 Å². The maximum absolute atomic E-state index is 10.6. The average Bonchev–Trinajstić information content (AvgIpc) is 2.49. The van der Waals surface area contributed by atoms with Crippen LogP contribution in [0.3, 0.4) is 0 Å². The number of aliphatic carboxylic acids is 2. The summed E-state index contributed by atoms with van der Waals surface area (Å²) < 4.78 is 0.873. The number of carboxylic acids is 2. The molecular formula is C9H10BrNO4S. The molecular weight excluding hydrogens is 298 g/mol. The minimum atomic E-state index is -1.03. The topological polar surface area (TPSA) is 77.8 Å². The van der Waals surface area contributed by atoms with Gasteiger partial charge in [-0.15, -0.1) is 11.3 Å². The van der Waals surface area contributed by atoms with Gasteiger partial charge in [-0.25, -0.2) is 0 Å². The van der Waals surface area contributed by atoms with Gasteiger partial charge in [0, 0.05) is 15.9 Å². The molecule has 7 heteroatoms. The van der Waals surface area contributed by atoms with Crippen LogP contribution >= 0.6 is 27.3 Å². The lowest BCUT2D eigenvalue weighted by Crippen LogP contribution is -2.33. The Morgan fingerprint density at radius 3 is 2.25 bits per heavy atom. The number of rotatable bonds is 6. The summed E-state index contributed by atoms with van der Waals surface area (Å²) >= 11 is 4.77. The molecule has 16 heavy (non-hydrogen) atoms. The number of thiophene rings is 1. The van der Waals surface area contributed by atoms with Crippen molar-refractivity contribution in [2.24, 2.45) is 0 Å². The minimum absolute atomic E-state index is 0.281. The third-order valence-corrected chi connectivity index (χ3v) is 3.69. The van der Waals surface area contributed by atoms with Gasteiger partial charge in [0.05, 0.1) is 13.1 Å². The van der Waals surface area contributed by atoms with Crippen molar-refractivity contribution in [3.05, 3.63) is 20.8 Å². The molecule has 0 aliphatic rings. The van der Waals surface area contributed by atoms with Crippen molar-refractivity contribution >= 4 is 39.2 Å². The summed E-state index contributed by atoms with van der Waals surface area (Å²) in [4.78, 5) is 23.4. The fourth-order valence-corrected chi connectivity index (χ4v) is 2.71. The molecule has 0 amide bonds. The van der Waals surface area contributed by atoms with Gasteiger partial charge in [-0.3, -0.25) is 14.5 Å². The quantitative estimate of drug-likeness (QED) is 0.832. The Kier molecular flexibility index (Phi) is 4.91. The lowest BCUT2D eigenvalue weighted by Gasteiger charge is -2.16. The number of nitrogens with zero attached hydrogens (tertiary/aromatic N) is 1. The summed E-state index contributed by atoms with van der Waals surface area (Å²) in [5.74, 6) is -2.07. The molecule has 1 aromatic heterocycles. The van der Waals surface area contributed by atoms with Gasteiger partial charge in [-0.2, -0.15) is 0 Å². The Balaban J connectivity index is 2.66. The molecule has 0 aliphatic heterocycles. The van der Waals surface area contributed by atoms with E-state index >= 15 is 0 Å². The molecule has 88 valence electrons. The Bertz CT molecular complexity index is 377. The van der Waals surface area contributed by atoms with Gasteiger partial charge in [-0.05, 0) is 27.4 Å². The molecule has 5 nitrogen and oxygen atoms in total. The largest absolute Gasteiger partial charge is 0.480 e. The fourth-order valence-electron chi connectivity index (χ4n) is 1.19. The lowest BCUT2D eigenvalue weighted by molar-refractivity contribution is -0.141. The first-order chi connectivity index (χ1) is 7.49. The normalized spacial score (nSPS) is 10.6. The summed E-state index contributed by atoms with van der Waals surface area (Å²) in [7, 11) is 0. The highest BCUT2D eigenvalue weighted by molar-refractivity contribution is 9.10. The molecule has 0 radical (unpaired) electrons. The van der Waals surface area contributed by atoms with Crippen molar-refractivity contribution in [3.8, 4) is 0 Å². The predicted octanol–water partition coefficient (Wildman–Crippen LogP) is 1.48. The predicted molar refractivity (Wildman–Crippen MR) is 62.6 cm³/mol. The number of hydrogen-bond donors (Lipinski definition) is 2. The molecule has 0 saturated heterocycles. The van der Waals surface area contributed by atoms with Crippen molar-refractivity contribution in [1.82, 2.24) is 4.90 Å². The minimum Gasteiger partial charge on any atom is -0.480 e. The Morgan fingerprint density at radius 1 is 1.31 bits per heavy atom. The highest BCUT2D eigenvalue weighted by Gasteiger charge is 2.15. The molecule has 0 saturated carbocycles. The van der Waals surface area contributed by atoms with E-state index in [1.165, 1.54) is 16.2 Å². The third-order valence-electron chi connectivity index (χ3n) is 1.78. The zero-order chi connectivity index (χ0) is 12.1. The van der Waals surface area contributed by atoms with Crippen molar-refractivity contribution in [2.75, 3.05) is 13.1 Å². The van der Waals surface area contributed by atoms with Gasteiger partial charge in [0.25, 0.3) is 0 Å².